The summed E-state index contributed by atoms with van der Waals surface area (Å²) in [6.45, 7) is 2.02. The molecule has 1 saturated carbocycles. The van der Waals surface area contributed by atoms with E-state index < -0.39 is 5.41 Å². The van der Waals surface area contributed by atoms with E-state index in [2.05, 4.69) is 0 Å². The molecule has 2 aromatic rings. The predicted molar refractivity (Wildman–Crippen MR) is 93.7 cm³/mol. The van der Waals surface area contributed by atoms with Gasteiger partial charge >= 0.3 is 5.97 Å². The Balaban J connectivity index is 1.79. The van der Waals surface area contributed by atoms with E-state index in [1.807, 2.05) is 0 Å². The maximum atomic E-state index is 14.1. The van der Waals surface area contributed by atoms with Crippen LogP contribution < -0.4 is 0 Å². The summed E-state index contributed by atoms with van der Waals surface area (Å²) in [4.78, 5) is 12.6. The lowest BCUT2D eigenvalue weighted by Gasteiger charge is -2.28. The first-order chi connectivity index (χ1) is 12.5. The summed E-state index contributed by atoms with van der Waals surface area (Å²) in [7, 11) is 1.35. The molecular formula is C21H22F2O3. The average Bonchev–Trinajstić information content (AvgIpc) is 3.08. The highest BCUT2D eigenvalue weighted by Gasteiger charge is 2.49. The van der Waals surface area contributed by atoms with Crippen molar-refractivity contribution < 1.29 is 23.0 Å². The number of esters is 1. The fourth-order valence-electron chi connectivity index (χ4n) is 3.80. The van der Waals surface area contributed by atoms with Crippen LogP contribution in [0.2, 0.25) is 0 Å². The summed E-state index contributed by atoms with van der Waals surface area (Å²) < 4.78 is 38.0. The van der Waals surface area contributed by atoms with Crippen molar-refractivity contribution in [2.75, 3.05) is 7.11 Å². The van der Waals surface area contributed by atoms with Crippen molar-refractivity contribution in [1.82, 2.24) is 0 Å². The number of methoxy groups -OCH3 is 1. The molecule has 138 valence electrons. The van der Waals surface area contributed by atoms with Gasteiger partial charge in [0, 0.05) is 0 Å². The van der Waals surface area contributed by atoms with E-state index in [9.17, 15) is 13.6 Å². The van der Waals surface area contributed by atoms with Gasteiger partial charge in [-0.1, -0.05) is 24.3 Å². The molecule has 3 nitrogen and oxygen atoms in total. The maximum absolute atomic E-state index is 14.1. The normalized spacial score (nSPS) is 22.4. The number of carbonyl (C=O) groups is 1. The van der Waals surface area contributed by atoms with Crippen LogP contribution in [0.1, 0.15) is 36.0 Å². The Kier molecular flexibility index (Phi) is 5.37. The molecule has 0 amide bonds. The van der Waals surface area contributed by atoms with Crippen LogP contribution in [0.25, 0.3) is 0 Å². The number of rotatable bonds is 5. The third-order valence-electron chi connectivity index (χ3n) is 5.23. The third-order valence-corrected chi connectivity index (χ3v) is 5.23. The van der Waals surface area contributed by atoms with E-state index in [4.69, 9.17) is 9.47 Å². The van der Waals surface area contributed by atoms with E-state index in [1.54, 1.807) is 31.2 Å². The highest BCUT2D eigenvalue weighted by molar-refractivity contribution is 5.84. The number of benzene rings is 2. The molecule has 1 aliphatic carbocycles. The Labute approximate surface area is 151 Å². The zero-order chi connectivity index (χ0) is 18.7. The van der Waals surface area contributed by atoms with Crippen molar-refractivity contribution in [2.45, 2.75) is 44.3 Å². The lowest BCUT2D eigenvalue weighted by atomic mass is 9.76. The zero-order valence-electron chi connectivity index (χ0n) is 14.9. The van der Waals surface area contributed by atoms with Gasteiger partial charge in [0.25, 0.3) is 0 Å². The molecule has 0 spiro atoms. The standard InChI is InChI=1S/C21H22F2O3/c1-14-18(4-3-5-19(14)23)21(20(24)25-2)11-10-17(12-21)26-13-15-6-8-16(22)9-7-15/h3-9,17H,10-13H2,1-2H3/t17-,21-/m0/s1. The Morgan fingerprint density at radius 2 is 1.92 bits per heavy atom. The van der Waals surface area contributed by atoms with Gasteiger partial charge in [-0.15, -0.1) is 0 Å². The van der Waals surface area contributed by atoms with E-state index in [-0.39, 0.29) is 23.7 Å². The first-order valence-electron chi connectivity index (χ1n) is 8.66. The number of carbonyl (C=O) groups excluding carboxylic acids is 1. The fraction of sp³-hybridized carbons (Fsp3) is 0.381. The second-order valence-corrected chi connectivity index (χ2v) is 6.79. The molecule has 3 rings (SSSR count). The molecule has 2 aromatic carbocycles. The predicted octanol–water partition coefficient (Wildman–Crippen LogP) is 4.45. The minimum absolute atomic E-state index is 0.151. The summed E-state index contributed by atoms with van der Waals surface area (Å²) in [6, 6.07) is 10.9. The van der Waals surface area contributed by atoms with Gasteiger partial charge in [-0.25, -0.2) is 8.78 Å². The lowest BCUT2D eigenvalue weighted by molar-refractivity contribution is -0.148. The van der Waals surface area contributed by atoms with Gasteiger partial charge in [0.1, 0.15) is 11.6 Å². The number of ether oxygens (including phenoxy) is 2. The number of hydrogen-bond donors (Lipinski definition) is 0. The smallest absolute Gasteiger partial charge is 0.316 e. The molecule has 0 unspecified atom stereocenters. The third kappa shape index (κ3) is 3.49. The van der Waals surface area contributed by atoms with Crippen LogP contribution in [-0.4, -0.2) is 19.2 Å². The Hall–Kier alpha value is -2.27. The highest BCUT2D eigenvalue weighted by Crippen LogP contribution is 2.45. The molecular weight excluding hydrogens is 338 g/mol. The van der Waals surface area contributed by atoms with Crippen molar-refractivity contribution in [3.63, 3.8) is 0 Å². The summed E-state index contributed by atoms with van der Waals surface area (Å²) in [6.07, 6.45) is 1.50. The first-order valence-corrected chi connectivity index (χ1v) is 8.66. The van der Waals surface area contributed by atoms with E-state index in [0.29, 0.717) is 37.0 Å². The van der Waals surface area contributed by atoms with E-state index in [1.165, 1.54) is 25.3 Å². The van der Waals surface area contributed by atoms with Gasteiger partial charge in [0.15, 0.2) is 0 Å². The van der Waals surface area contributed by atoms with Gasteiger partial charge < -0.3 is 9.47 Å². The van der Waals surface area contributed by atoms with Gasteiger partial charge in [0.05, 0.1) is 25.2 Å². The van der Waals surface area contributed by atoms with Crippen LogP contribution in [0.15, 0.2) is 42.5 Å². The Bertz CT molecular complexity index is 788. The lowest BCUT2D eigenvalue weighted by Crippen LogP contribution is -2.36. The zero-order valence-corrected chi connectivity index (χ0v) is 14.9. The summed E-state index contributed by atoms with van der Waals surface area (Å²) in [5.74, 6) is -0.985. The van der Waals surface area contributed by atoms with Gasteiger partial charge in [0.2, 0.25) is 0 Å². The molecule has 5 heteroatoms. The second-order valence-electron chi connectivity index (χ2n) is 6.79. The number of halogens is 2. The van der Waals surface area contributed by atoms with Crippen LogP contribution in [0.5, 0.6) is 0 Å². The molecule has 0 bridgehead atoms. The van der Waals surface area contributed by atoms with Gasteiger partial charge in [-0.2, -0.15) is 0 Å². The molecule has 1 fully saturated rings. The van der Waals surface area contributed by atoms with Crippen LogP contribution in [0, 0.1) is 18.6 Å². The summed E-state index contributed by atoms with van der Waals surface area (Å²) in [5, 5.41) is 0. The molecule has 0 saturated heterocycles. The van der Waals surface area contributed by atoms with Crippen LogP contribution >= 0.6 is 0 Å². The molecule has 2 atom stereocenters. The van der Waals surface area contributed by atoms with Crippen molar-refractivity contribution in [3.05, 3.63) is 70.8 Å². The van der Waals surface area contributed by atoms with E-state index >= 15 is 0 Å². The molecule has 0 aliphatic heterocycles. The first kappa shape index (κ1) is 18.5. The van der Waals surface area contributed by atoms with E-state index in [0.717, 1.165) is 5.56 Å². The monoisotopic (exact) mass is 360 g/mol. The molecule has 0 N–H and O–H groups in total. The summed E-state index contributed by atoms with van der Waals surface area (Å²) in [5.41, 5.74) is 1.10. The van der Waals surface area contributed by atoms with Gasteiger partial charge in [-0.3, -0.25) is 4.79 Å². The summed E-state index contributed by atoms with van der Waals surface area (Å²) >= 11 is 0. The van der Waals surface area contributed by atoms with Crippen molar-refractivity contribution in [2.24, 2.45) is 0 Å². The molecule has 1 aliphatic rings. The average molecular weight is 360 g/mol. The maximum Gasteiger partial charge on any atom is 0.316 e. The minimum Gasteiger partial charge on any atom is -0.468 e. The van der Waals surface area contributed by atoms with Crippen LogP contribution in [0.3, 0.4) is 0 Å². The van der Waals surface area contributed by atoms with Crippen LogP contribution in [-0.2, 0) is 26.3 Å². The second kappa shape index (κ2) is 7.54. The SMILES string of the molecule is COC(=O)[C@@]1(c2cccc(F)c2C)CC[C@H](OCc2ccc(F)cc2)C1. The largest absolute Gasteiger partial charge is 0.468 e. The molecule has 0 heterocycles. The Morgan fingerprint density at radius 3 is 2.62 bits per heavy atom. The molecule has 26 heavy (non-hydrogen) atoms. The van der Waals surface area contributed by atoms with Crippen molar-refractivity contribution in [3.8, 4) is 0 Å². The van der Waals surface area contributed by atoms with Crippen LogP contribution in [0.4, 0.5) is 8.78 Å². The minimum atomic E-state index is -0.894. The fourth-order valence-corrected chi connectivity index (χ4v) is 3.80. The highest BCUT2D eigenvalue weighted by atomic mass is 19.1. The van der Waals surface area contributed by atoms with Crippen molar-refractivity contribution in [1.29, 1.82) is 0 Å². The van der Waals surface area contributed by atoms with Crippen molar-refractivity contribution >= 4 is 5.97 Å². The van der Waals surface area contributed by atoms with Gasteiger partial charge in [-0.05, 0) is 61.1 Å². The molecule has 0 radical (unpaired) electrons. The Morgan fingerprint density at radius 1 is 1.19 bits per heavy atom. The number of hydrogen-bond acceptors (Lipinski definition) is 3. The topological polar surface area (TPSA) is 35.5 Å². The molecule has 0 aromatic heterocycles. The quantitative estimate of drug-likeness (QED) is 0.739.